The highest BCUT2D eigenvalue weighted by atomic mass is 19.3. The molecule has 0 spiro atoms. The average molecular weight is 192 g/mol. The fraction of sp³-hybridized carbons (Fsp3) is 1.00. The van der Waals surface area contributed by atoms with Crippen molar-refractivity contribution in [2.45, 2.75) is 57.5 Å². The molecule has 0 aromatic carbocycles. The lowest BCUT2D eigenvalue weighted by Gasteiger charge is -2.31. The molecule has 1 rings (SSSR count). The summed E-state index contributed by atoms with van der Waals surface area (Å²) in [5.74, 6) is -2.17. The molecule has 0 saturated heterocycles. The van der Waals surface area contributed by atoms with Crippen molar-refractivity contribution in [2.75, 3.05) is 0 Å². The molecule has 78 valence electrons. The Hall–Kier alpha value is -0.180. The maximum absolute atomic E-state index is 12.7. The Morgan fingerprint density at radius 3 is 2.15 bits per heavy atom. The molecule has 1 aliphatic rings. The summed E-state index contributed by atoms with van der Waals surface area (Å²) < 4.78 is 25.5. The zero-order chi connectivity index (χ0) is 10.1. The number of aliphatic hydroxyl groups is 1. The van der Waals surface area contributed by atoms with E-state index in [4.69, 9.17) is 0 Å². The molecule has 1 nitrogen and oxygen atoms in total. The van der Waals surface area contributed by atoms with Crippen LogP contribution in [0.5, 0.6) is 0 Å². The minimum atomic E-state index is -2.45. The summed E-state index contributed by atoms with van der Waals surface area (Å²) in [6.07, 6.45) is 1.73. The van der Waals surface area contributed by atoms with Gasteiger partial charge in [0.15, 0.2) is 0 Å². The molecular formula is C10H18F2O. The molecule has 1 aliphatic carbocycles. The second kappa shape index (κ2) is 3.52. The van der Waals surface area contributed by atoms with Crippen molar-refractivity contribution in [3.05, 3.63) is 0 Å². The maximum atomic E-state index is 12.7. The van der Waals surface area contributed by atoms with Gasteiger partial charge in [0, 0.05) is 12.8 Å². The van der Waals surface area contributed by atoms with Gasteiger partial charge in [-0.15, -0.1) is 0 Å². The zero-order valence-corrected chi connectivity index (χ0v) is 8.32. The van der Waals surface area contributed by atoms with E-state index in [0.29, 0.717) is 19.3 Å². The summed E-state index contributed by atoms with van der Waals surface area (Å²) in [6.45, 7) is 3.47. The first kappa shape index (κ1) is 10.9. The van der Waals surface area contributed by atoms with Gasteiger partial charge in [0.1, 0.15) is 0 Å². The van der Waals surface area contributed by atoms with Gasteiger partial charge >= 0.3 is 0 Å². The molecule has 1 fully saturated rings. The molecule has 0 unspecified atom stereocenters. The standard InChI is InChI=1S/C10H18F2O/c1-9(2,13)7-8-3-5-10(11,12)6-4-8/h8,13H,3-7H2,1-2H3. The van der Waals surface area contributed by atoms with Crippen LogP contribution < -0.4 is 0 Å². The van der Waals surface area contributed by atoms with Crippen molar-refractivity contribution in [3.8, 4) is 0 Å². The van der Waals surface area contributed by atoms with E-state index in [-0.39, 0.29) is 18.8 Å². The van der Waals surface area contributed by atoms with Crippen LogP contribution in [0.4, 0.5) is 8.78 Å². The molecule has 0 atom stereocenters. The SMILES string of the molecule is CC(C)(O)CC1CCC(F)(F)CC1. The maximum Gasteiger partial charge on any atom is 0.248 e. The summed E-state index contributed by atoms with van der Waals surface area (Å²) in [4.78, 5) is 0. The van der Waals surface area contributed by atoms with Crippen molar-refractivity contribution < 1.29 is 13.9 Å². The van der Waals surface area contributed by atoms with Crippen molar-refractivity contribution in [3.63, 3.8) is 0 Å². The normalized spacial score (nSPS) is 24.7. The molecule has 0 aromatic heterocycles. The highest BCUT2D eigenvalue weighted by Gasteiger charge is 2.36. The predicted octanol–water partition coefficient (Wildman–Crippen LogP) is 2.97. The Morgan fingerprint density at radius 1 is 1.31 bits per heavy atom. The largest absolute Gasteiger partial charge is 0.390 e. The smallest absolute Gasteiger partial charge is 0.248 e. The molecule has 0 aliphatic heterocycles. The summed E-state index contributed by atoms with van der Waals surface area (Å²) in [7, 11) is 0. The number of alkyl halides is 2. The van der Waals surface area contributed by atoms with Crippen molar-refractivity contribution in [1.29, 1.82) is 0 Å². The topological polar surface area (TPSA) is 20.2 Å². The van der Waals surface area contributed by atoms with Crippen LogP contribution in [-0.4, -0.2) is 16.6 Å². The Balaban J connectivity index is 2.34. The summed E-state index contributed by atoms with van der Waals surface area (Å²) >= 11 is 0. The monoisotopic (exact) mass is 192 g/mol. The van der Waals surface area contributed by atoms with E-state index in [0.717, 1.165) is 0 Å². The van der Waals surface area contributed by atoms with Gasteiger partial charge in [0.2, 0.25) is 5.92 Å². The Morgan fingerprint density at radius 2 is 1.77 bits per heavy atom. The Kier molecular flexibility index (Phi) is 2.95. The molecule has 0 heterocycles. The molecule has 1 saturated carbocycles. The molecule has 0 aromatic rings. The van der Waals surface area contributed by atoms with E-state index >= 15 is 0 Å². The summed E-state index contributed by atoms with van der Waals surface area (Å²) in [5, 5.41) is 9.51. The van der Waals surface area contributed by atoms with Crippen molar-refractivity contribution >= 4 is 0 Å². The van der Waals surface area contributed by atoms with Crippen molar-refractivity contribution in [2.24, 2.45) is 5.92 Å². The van der Waals surface area contributed by atoms with Crippen molar-refractivity contribution in [1.82, 2.24) is 0 Å². The fourth-order valence-corrected chi connectivity index (χ4v) is 2.01. The van der Waals surface area contributed by atoms with Gasteiger partial charge in [0.05, 0.1) is 5.60 Å². The van der Waals surface area contributed by atoms with Crippen LogP contribution in [-0.2, 0) is 0 Å². The highest BCUT2D eigenvalue weighted by molar-refractivity contribution is 4.81. The van der Waals surface area contributed by atoms with Gasteiger partial charge in [-0.25, -0.2) is 8.78 Å². The summed E-state index contributed by atoms with van der Waals surface area (Å²) in [6, 6.07) is 0. The lowest BCUT2D eigenvalue weighted by molar-refractivity contribution is -0.0562. The van der Waals surface area contributed by atoms with Crippen LogP contribution in [0.2, 0.25) is 0 Å². The lowest BCUT2D eigenvalue weighted by atomic mass is 9.81. The molecule has 3 heteroatoms. The van der Waals surface area contributed by atoms with Gasteiger partial charge in [-0.2, -0.15) is 0 Å². The van der Waals surface area contributed by atoms with Crippen LogP contribution in [0.15, 0.2) is 0 Å². The molecule has 13 heavy (non-hydrogen) atoms. The molecule has 0 bridgehead atoms. The van der Waals surface area contributed by atoms with Gasteiger partial charge in [-0.3, -0.25) is 0 Å². The molecule has 1 N–H and O–H groups in total. The summed E-state index contributed by atoms with van der Waals surface area (Å²) in [5.41, 5.74) is -0.711. The predicted molar refractivity (Wildman–Crippen MR) is 47.8 cm³/mol. The third-order valence-electron chi connectivity index (χ3n) is 2.62. The first-order valence-electron chi connectivity index (χ1n) is 4.89. The first-order valence-corrected chi connectivity index (χ1v) is 4.89. The number of hydrogen-bond acceptors (Lipinski definition) is 1. The van der Waals surface area contributed by atoms with Gasteiger partial charge in [-0.05, 0) is 39.0 Å². The minimum Gasteiger partial charge on any atom is -0.390 e. The van der Waals surface area contributed by atoms with Crippen LogP contribution >= 0.6 is 0 Å². The van der Waals surface area contributed by atoms with Crippen LogP contribution in [0.1, 0.15) is 46.0 Å². The van der Waals surface area contributed by atoms with Gasteiger partial charge in [-0.1, -0.05) is 0 Å². The van der Waals surface area contributed by atoms with E-state index in [1.807, 2.05) is 0 Å². The lowest BCUT2D eigenvalue weighted by Crippen LogP contribution is -2.30. The van der Waals surface area contributed by atoms with Gasteiger partial charge < -0.3 is 5.11 Å². The first-order chi connectivity index (χ1) is 5.79. The number of hydrogen-bond donors (Lipinski definition) is 1. The van der Waals surface area contributed by atoms with E-state index in [1.54, 1.807) is 13.8 Å². The second-order valence-electron chi connectivity index (χ2n) is 4.82. The molecular weight excluding hydrogens is 174 g/mol. The van der Waals surface area contributed by atoms with E-state index in [2.05, 4.69) is 0 Å². The fourth-order valence-electron chi connectivity index (χ4n) is 2.01. The second-order valence-corrected chi connectivity index (χ2v) is 4.82. The van der Waals surface area contributed by atoms with Crippen LogP contribution in [0.25, 0.3) is 0 Å². The van der Waals surface area contributed by atoms with E-state index < -0.39 is 11.5 Å². The van der Waals surface area contributed by atoms with Crippen LogP contribution in [0, 0.1) is 5.92 Å². The number of halogens is 2. The Labute approximate surface area is 78.1 Å². The highest BCUT2D eigenvalue weighted by Crippen LogP contribution is 2.38. The molecule has 0 radical (unpaired) electrons. The minimum absolute atomic E-state index is 0.00620. The van der Waals surface area contributed by atoms with Crippen LogP contribution in [0.3, 0.4) is 0 Å². The quantitative estimate of drug-likeness (QED) is 0.713. The van der Waals surface area contributed by atoms with E-state index in [9.17, 15) is 13.9 Å². The average Bonchev–Trinajstić information content (AvgIpc) is 1.91. The zero-order valence-electron chi connectivity index (χ0n) is 8.32. The third kappa shape index (κ3) is 4.03. The third-order valence-corrected chi connectivity index (χ3v) is 2.62. The molecule has 0 amide bonds. The Bertz CT molecular complexity index is 162. The van der Waals surface area contributed by atoms with E-state index in [1.165, 1.54) is 0 Å². The number of rotatable bonds is 2. The van der Waals surface area contributed by atoms with Gasteiger partial charge in [0.25, 0.3) is 0 Å².